The van der Waals surface area contributed by atoms with E-state index in [0.717, 1.165) is 51.5 Å². The van der Waals surface area contributed by atoms with Gasteiger partial charge in [-0.2, -0.15) is 0 Å². The first kappa shape index (κ1) is 38.0. The molecule has 0 aliphatic carbocycles. The van der Waals surface area contributed by atoms with Crippen LogP contribution in [0.15, 0.2) is 0 Å². The minimum atomic E-state index is -0.889. The number of nitrogens with two attached hydrogens (primary N) is 1. The third kappa shape index (κ3) is 29.5. The minimum Gasteiger partial charge on any atom is -0.461 e. The molecule has 0 saturated carbocycles. The highest BCUT2D eigenvalue weighted by molar-refractivity contribution is 5.88. The van der Waals surface area contributed by atoms with Crippen molar-refractivity contribution < 1.29 is 28.7 Å². The van der Waals surface area contributed by atoms with Gasteiger partial charge < -0.3 is 31.2 Å². The van der Waals surface area contributed by atoms with Gasteiger partial charge in [-0.05, 0) is 47.1 Å². The number of ketones is 1. The summed E-state index contributed by atoms with van der Waals surface area (Å²) in [7, 11) is 1.50. The third-order valence-electron chi connectivity index (χ3n) is 4.61. The van der Waals surface area contributed by atoms with Crippen molar-refractivity contribution in [3.8, 4) is 0 Å². The van der Waals surface area contributed by atoms with Crippen LogP contribution >= 0.6 is 0 Å². The Kier molecular flexibility index (Phi) is 28.6. The Morgan fingerprint density at radius 1 is 0.778 bits per heavy atom. The quantitative estimate of drug-likeness (QED) is 0.171. The molecule has 0 bridgehead atoms. The maximum atomic E-state index is 12.0. The van der Waals surface area contributed by atoms with Gasteiger partial charge in [-0.15, -0.1) is 0 Å². The molecule has 0 aromatic carbocycles. The molecule has 212 valence electrons. The summed E-state index contributed by atoms with van der Waals surface area (Å²) in [4.78, 5) is 57.1. The molecule has 3 amide bonds. The Morgan fingerprint density at radius 2 is 1.36 bits per heavy atom. The molecule has 0 aliphatic heterocycles. The van der Waals surface area contributed by atoms with Gasteiger partial charge >= 0.3 is 5.97 Å². The van der Waals surface area contributed by atoms with Gasteiger partial charge in [0.15, 0.2) is 0 Å². The molecule has 10 heteroatoms. The van der Waals surface area contributed by atoms with E-state index in [1.807, 2.05) is 0 Å². The number of esters is 1. The van der Waals surface area contributed by atoms with Gasteiger partial charge in [-0.25, -0.2) is 4.79 Å². The molecule has 36 heavy (non-hydrogen) atoms. The standard InChI is InChI=1S/C19H34N2O5.C6H13NO.CH5N/c1-5-6-7-8-9-10-17(23)20-13-18(24)21-16(12-11-15(4)22)19(25)26-14(2)3;1-3-4-5-7-6(2)8;1-2/h14,16H,5-13H2,1-4H3,(H,20,23)(H,21,24);3-5H2,1-2H3,(H,7,8);2H2,1H3. The van der Waals surface area contributed by atoms with E-state index in [1.165, 1.54) is 20.9 Å². The maximum Gasteiger partial charge on any atom is 0.328 e. The molecule has 1 atom stereocenters. The fraction of sp³-hybridized carbons (Fsp3) is 0.808. The summed E-state index contributed by atoms with van der Waals surface area (Å²) in [6, 6.07) is -0.889. The molecule has 0 rings (SSSR count). The second-order valence-electron chi connectivity index (χ2n) is 8.62. The van der Waals surface area contributed by atoms with E-state index >= 15 is 0 Å². The predicted octanol–water partition coefficient (Wildman–Crippen LogP) is 2.77. The molecule has 0 radical (unpaired) electrons. The SMILES string of the molecule is CCCCCCCC(=O)NCC(=O)NC(CCC(C)=O)C(=O)OC(C)C.CCCCNC(C)=O.CN. The Bertz CT molecular complexity index is 611. The number of ether oxygens (including phenoxy) is 1. The lowest BCUT2D eigenvalue weighted by molar-refractivity contribution is -0.151. The lowest BCUT2D eigenvalue weighted by atomic mass is 10.1. The number of amides is 3. The molecule has 0 aromatic heterocycles. The topological polar surface area (TPSA) is 157 Å². The summed E-state index contributed by atoms with van der Waals surface area (Å²) in [5.41, 5.74) is 4.50. The van der Waals surface area contributed by atoms with Gasteiger partial charge in [-0.1, -0.05) is 46.0 Å². The predicted molar refractivity (Wildman–Crippen MR) is 143 cm³/mol. The number of carbonyl (C=O) groups is 5. The van der Waals surface area contributed by atoms with Gasteiger partial charge in [0, 0.05) is 26.3 Å². The van der Waals surface area contributed by atoms with E-state index in [9.17, 15) is 24.0 Å². The zero-order valence-corrected chi connectivity index (χ0v) is 23.7. The molecule has 0 heterocycles. The average Bonchev–Trinajstić information content (AvgIpc) is 2.81. The minimum absolute atomic E-state index is 0.0680. The van der Waals surface area contributed by atoms with Crippen LogP contribution in [-0.2, 0) is 28.7 Å². The fourth-order valence-electron chi connectivity index (χ4n) is 2.75. The number of hydrogen-bond acceptors (Lipinski definition) is 7. The number of hydrogen-bond donors (Lipinski definition) is 4. The lowest BCUT2D eigenvalue weighted by Crippen LogP contribution is -2.46. The summed E-state index contributed by atoms with van der Waals surface area (Å²) in [5, 5.41) is 7.80. The summed E-state index contributed by atoms with van der Waals surface area (Å²) in [5.74, 6) is -1.23. The van der Waals surface area contributed by atoms with E-state index in [2.05, 4.69) is 35.5 Å². The average molecular weight is 517 g/mol. The van der Waals surface area contributed by atoms with Crippen LogP contribution in [0.4, 0.5) is 0 Å². The van der Waals surface area contributed by atoms with Crippen LogP contribution in [0.25, 0.3) is 0 Å². The van der Waals surface area contributed by atoms with Gasteiger partial charge in [0.05, 0.1) is 12.6 Å². The number of nitrogens with one attached hydrogen (secondary N) is 3. The van der Waals surface area contributed by atoms with E-state index < -0.39 is 17.9 Å². The van der Waals surface area contributed by atoms with Gasteiger partial charge in [0.1, 0.15) is 11.8 Å². The highest BCUT2D eigenvalue weighted by Crippen LogP contribution is 2.05. The van der Waals surface area contributed by atoms with E-state index in [0.29, 0.717) is 6.42 Å². The second-order valence-corrected chi connectivity index (χ2v) is 8.62. The van der Waals surface area contributed by atoms with Crippen molar-refractivity contribution in [3.63, 3.8) is 0 Å². The van der Waals surface area contributed by atoms with Crippen LogP contribution in [0.2, 0.25) is 0 Å². The number of rotatable bonds is 17. The molecular weight excluding hydrogens is 464 g/mol. The smallest absolute Gasteiger partial charge is 0.328 e. The Balaban J connectivity index is -0.000000917. The van der Waals surface area contributed by atoms with Gasteiger partial charge in [-0.3, -0.25) is 14.4 Å². The van der Waals surface area contributed by atoms with Crippen molar-refractivity contribution >= 4 is 29.5 Å². The molecular formula is C26H52N4O6. The van der Waals surface area contributed by atoms with E-state index in [4.69, 9.17) is 4.74 Å². The molecule has 0 aromatic rings. The summed E-state index contributed by atoms with van der Waals surface area (Å²) >= 11 is 0. The first-order chi connectivity index (χ1) is 17.0. The highest BCUT2D eigenvalue weighted by atomic mass is 16.5. The zero-order valence-electron chi connectivity index (χ0n) is 23.7. The van der Waals surface area contributed by atoms with Crippen molar-refractivity contribution in [1.29, 1.82) is 0 Å². The van der Waals surface area contributed by atoms with Crippen molar-refractivity contribution in [2.45, 2.75) is 118 Å². The first-order valence-electron chi connectivity index (χ1n) is 13.1. The number of unbranched alkanes of at least 4 members (excludes halogenated alkanes) is 5. The summed E-state index contributed by atoms with van der Waals surface area (Å²) in [6.07, 6.45) is 7.87. The fourth-order valence-corrected chi connectivity index (χ4v) is 2.75. The number of carbonyl (C=O) groups excluding carboxylic acids is 5. The molecule has 0 fully saturated rings. The first-order valence-corrected chi connectivity index (χ1v) is 13.1. The van der Waals surface area contributed by atoms with Crippen LogP contribution in [0.3, 0.4) is 0 Å². The molecule has 10 nitrogen and oxygen atoms in total. The van der Waals surface area contributed by atoms with Gasteiger partial charge in [0.25, 0.3) is 0 Å². The largest absolute Gasteiger partial charge is 0.461 e. The second kappa shape index (κ2) is 27.1. The summed E-state index contributed by atoms with van der Waals surface area (Å²) in [6.45, 7) is 11.2. The lowest BCUT2D eigenvalue weighted by Gasteiger charge is -2.19. The molecule has 0 spiro atoms. The molecule has 1 unspecified atom stereocenters. The van der Waals surface area contributed by atoms with Crippen LogP contribution < -0.4 is 21.7 Å². The van der Waals surface area contributed by atoms with E-state index in [-0.39, 0.29) is 43.1 Å². The number of Topliss-reactive ketones (excluding diaryl/α,β-unsaturated/α-hetero) is 1. The molecule has 5 N–H and O–H groups in total. The normalized spacial score (nSPS) is 10.6. The Morgan fingerprint density at radius 3 is 1.86 bits per heavy atom. The monoisotopic (exact) mass is 516 g/mol. The van der Waals surface area contributed by atoms with Crippen LogP contribution in [0.5, 0.6) is 0 Å². The van der Waals surface area contributed by atoms with Crippen LogP contribution in [0.1, 0.15) is 106 Å². The molecule has 0 saturated heterocycles. The van der Waals surface area contributed by atoms with Crippen molar-refractivity contribution in [2.24, 2.45) is 5.73 Å². The van der Waals surface area contributed by atoms with Gasteiger partial charge in [0.2, 0.25) is 17.7 Å². The molecule has 0 aliphatic rings. The Hall–Kier alpha value is -2.49. The third-order valence-corrected chi connectivity index (χ3v) is 4.61. The highest BCUT2D eigenvalue weighted by Gasteiger charge is 2.23. The van der Waals surface area contributed by atoms with E-state index in [1.54, 1.807) is 13.8 Å². The van der Waals surface area contributed by atoms with Crippen molar-refractivity contribution in [2.75, 3.05) is 20.1 Å². The van der Waals surface area contributed by atoms with Crippen molar-refractivity contribution in [1.82, 2.24) is 16.0 Å². The van der Waals surface area contributed by atoms with Crippen LogP contribution in [-0.4, -0.2) is 61.8 Å². The zero-order chi connectivity index (χ0) is 28.4. The van der Waals surface area contributed by atoms with Crippen molar-refractivity contribution in [3.05, 3.63) is 0 Å². The Labute approximate surface area is 218 Å². The van der Waals surface area contributed by atoms with Crippen LogP contribution in [0, 0.1) is 0 Å². The maximum absolute atomic E-state index is 12.0. The summed E-state index contributed by atoms with van der Waals surface area (Å²) < 4.78 is 5.10.